The molecule has 0 unspecified atom stereocenters. The number of phenols is 1. The zero-order valence-electron chi connectivity index (χ0n) is 10.7. The van der Waals surface area contributed by atoms with E-state index in [0.717, 1.165) is 10.5 Å². The molecule has 0 saturated heterocycles. The van der Waals surface area contributed by atoms with Crippen molar-refractivity contribution in [3.05, 3.63) is 48.0 Å². The molecule has 100 valence electrons. The molecule has 1 amide bonds. The van der Waals surface area contributed by atoms with Gasteiger partial charge in [0.25, 0.3) is 0 Å². The van der Waals surface area contributed by atoms with E-state index in [4.69, 9.17) is 10.4 Å². The molecule has 0 aromatic heterocycles. The van der Waals surface area contributed by atoms with Gasteiger partial charge in [-0.3, -0.25) is 4.90 Å². The van der Waals surface area contributed by atoms with Crippen LogP contribution < -0.4 is 4.90 Å². The first-order valence-electron chi connectivity index (χ1n) is 5.82. The van der Waals surface area contributed by atoms with Gasteiger partial charge in [-0.25, -0.2) is 4.79 Å². The third-order valence-electron chi connectivity index (χ3n) is 2.90. The second-order valence-corrected chi connectivity index (χ2v) is 4.27. The molecule has 2 aromatic carbocycles. The first-order valence-corrected chi connectivity index (χ1v) is 5.82. The molecule has 2 N–H and O–H groups in total. The van der Waals surface area contributed by atoms with E-state index in [2.05, 4.69) is 0 Å². The summed E-state index contributed by atoms with van der Waals surface area (Å²) in [4.78, 5) is 12.0. The van der Waals surface area contributed by atoms with Gasteiger partial charge in [-0.1, -0.05) is 12.1 Å². The van der Waals surface area contributed by atoms with Crippen LogP contribution in [-0.2, 0) is 0 Å². The Balaban J connectivity index is 2.49. The van der Waals surface area contributed by atoms with Crippen molar-refractivity contribution < 1.29 is 15.0 Å². The highest BCUT2D eigenvalue weighted by molar-refractivity contribution is 5.86. The number of rotatable bonds is 2. The molecule has 5 nitrogen and oxygen atoms in total. The molecule has 0 radical (unpaired) electrons. The van der Waals surface area contributed by atoms with Gasteiger partial charge in [0.2, 0.25) is 0 Å². The first-order chi connectivity index (χ1) is 9.51. The zero-order chi connectivity index (χ0) is 14.7. The molecule has 0 aliphatic rings. The van der Waals surface area contributed by atoms with E-state index in [9.17, 15) is 9.90 Å². The number of benzene rings is 2. The monoisotopic (exact) mass is 268 g/mol. The number of anilines is 1. The average Bonchev–Trinajstić information content (AvgIpc) is 2.45. The van der Waals surface area contributed by atoms with Crippen molar-refractivity contribution in [2.45, 2.75) is 0 Å². The van der Waals surface area contributed by atoms with Crippen LogP contribution in [0.4, 0.5) is 10.5 Å². The van der Waals surface area contributed by atoms with E-state index in [1.54, 1.807) is 30.3 Å². The van der Waals surface area contributed by atoms with Crippen LogP contribution in [-0.4, -0.2) is 23.4 Å². The van der Waals surface area contributed by atoms with Gasteiger partial charge in [-0.05, 0) is 41.5 Å². The van der Waals surface area contributed by atoms with Crippen LogP contribution in [0, 0.1) is 11.3 Å². The van der Waals surface area contributed by atoms with Gasteiger partial charge >= 0.3 is 6.09 Å². The van der Waals surface area contributed by atoms with Gasteiger partial charge in [-0.15, -0.1) is 0 Å². The van der Waals surface area contributed by atoms with Gasteiger partial charge in [0, 0.05) is 12.7 Å². The fourth-order valence-electron chi connectivity index (χ4n) is 1.85. The maximum Gasteiger partial charge on any atom is 0.411 e. The molecule has 0 fully saturated rings. The molecule has 2 rings (SSSR count). The maximum absolute atomic E-state index is 10.9. The quantitative estimate of drug-likeness (QED) is 0.876. The van der Waals surface area contributed by atoms with Crippen LogP contribution in [0.1, 0.15) is 5.56 Å². The summed E-state index contributed by atoms with van der Waals surface area (Å²) in [6.07, 6.45) is -1.06. The Bertz CT molecular complexity index is 705. The fourth-order valence-corrected chi connectivity index (χ4v) is 1.85. The fraction of sp³-hybridized carbons (Fsp3) is 0.0667. The maximum atomic E-state index is 10.9. The summed E-state index contributed by atoms with van der Waals surface area (Å²) in [6, 6.07) is 13.4. The number of nitrogens with zero attached hydrogens (tertiary/aromatic N) is 2. The Kier molecular flexibility index (Phi) is 3.58. The van der Waals surface area contributed by atoms with Crippen LogP contribution in [0.15, 0.2) is 42.5 Å². The van der Waals surface area contributed by atoms with E-state index in [-0.39, 0.29) is 5.75 Å². The van der Waals surface area contributed by atoms with Crippen LogP contribution in [0.3, 0.4) is 0 Å². The molecular formula is C15H12N2O3. The lowest BCUT2D eigenvalue weighted by atomic mass is 10.0. The zero-order valence-corrected chi connectivity index (χ0v) is 10.7. The molecule has 2 aromatic rings. The number of hydrogen-bond donors (Lipinski definition) is 2. The Morgan fingerprint density at radius 2 is 1.95 bits per heavy atom. The summed E-state index contributed by atoms with van der Waals surface area (Å²) < 4.78 is 0. The number of hydrogen-bond acceptors (Lipinski definition) is 3. The van der Waals surface area contributed by atoms with E-state index in [0.29, 0.717) is 16.8 Å². The van der Waals surface area contributed by atoms with Crippen molar-refractivity contribution >= 4 is 11.8 Å². The number of phenolic OH excluding ortho intramolecular Hbond substituents is 1. The van der Waals surface area contributed by atoms with Crippen LogP contribution in [0.2, 0.25) is 0 Å². The Labute approximate surface area is 115 Å². The third kappa shape index (κ3) is 2.70. The van der Waals surface area contributed by atoms with Gasteiger partial charge < -0.3 is 10.2 Å². The van der Waals surface area contributed by atoms with Gasteiger partial charge in [0.1, 0.15) is 5.75 Å². The Morgan fingerprint density at radius 1 is 1.20 bits per heavy atom. The third-order valence-corrected chi connectivity index (χ3v) is 2.90. The minimum absolute atomic E-state index is 0.00366. The van der Waals surface area contributed by atoms with Crippen molar-refractivity contribution in [2.75, 3.05) is 11.9 Å². The van der Waals surface area contributed by atoms with Gasteiger partial charge in [-0.2, -0.15) is 5.26 Å². The highest BCUT2D eigenvalue weighted by Crippen LogP contribution is 2.28. The second kappa shape index (κ2) is 5.33. The lowest BCUT2D eigenvalue weighted by Crippen LogP contribution is -2.23. The number of amides is 1. The standard InChI is InChI=1S/C15H12N2O3/c1-17(15(19)20)13-4-2-3-11(7-13)12-5-10(9-16)6-14(18)8-12/h2-8,18H,1H3,(H,19,20). The highest BCUT2D eigenvalue weighted by Gasteiger charge is 2.10. The smallest absolute Gasteiger partial charge is 0.411 e. The van der Waals surface area contributed by atoms with Crippen LogP contribution in [0.5, 0.6) is 5.75 Å². The summed E-state index contributed by atoms with van der Waals surface area (Å²) in [6.45, 7) is 0. The second-order valence-electron chi connectivity index (χ2n) is 4.27. The molecule has 0 aliphatic carbocycles. The van der Waals surface area contributed by atoms with Gasteiger partial charge in [0.15, 0.2) is 0 Å². The number of carboxylic acid groups (broad SMARTS) is 1. The molecule has 5 heteroatoms. The summed E-state index contributed by atoms with van der Waals surface area (Å²) >= 11 is 0. The highest BCUT2D eigenvalue weighted by atomic mass is 16.4. The van der Waals surface area contributed by atoms with Crippen molar-refractivity contribution in [3.63, 3.8) is 0 Å². The van der Waals surface area contributed by atoms with E-state index in [1.165, 1.54) is 19.2 Å². The SMILES string of the molecule is CN(C(=O)O)c1cccc(-c2cc(O)cc(C#N)c2)c1. The molecule has 0 saturated carbocycles. The van der Waals surface area contributed by atoms with Crippen molar-refractivity contribution in [2.24, 2.45) is 0 Å². The minimum Gasteiger partial charge on any atom is -0.508 e. The van der Waals surface area contributed by atoms with Crippen molar-refractivity contribution in [1.82, 2.24) is 0 Å². The normalized spacial score (nSPS) is 9.80. The van der Waals surface area contributed by atoms with Crippen molar-refractivity contribution in [1.29, 1.82) is 5.26 Å². The largest absolute Gasteiger partial charge is 0.508 e. The molecule has 0 atom stereocenters. The molecular weight excluding hydrogens is 256 g/mol. The predicted molar refractivity (Wildman–Crippen MR) is 74.7 cm³/mol. The average molecular weight is 268 g/mol. The molecule has 0 spiro atoms. The van der Waals surface area contributed by atoms with Crippen molar-refractivity contribution in [3.8, 4) is 22.9 Å². The molecule has 0 bridgehead atoms. The summed E-state index contributed by atoms with van der Waals surface area (Å²) in [5, 5.41) is 27.5. The summed E-state index contributed by atoms with van der Waals surface area (Å²) in [5.41, 5.74) is 2.24. The van der Waals surface area contributed by atoms with Crippen LogP contribution >= 0.6 is 0 Å². The number of aromatic hydroxyl groups is 1. The van der Waals surface area contributed by atoms with Crippen LogP contribution in [0.25, 0.3) is 11.1 Å². The lowest BCUT2D eigenvalue weighted by Gasteiger charge is -2.14. The Morgan fingerprint density at radius 3 is 2.60 bits per heavy atom. The molecule has 0 aliphatic heterocycles. The lowest BCUT2D eigenvalue weighted by molar-refractivity contribution is 0.203. The Hall–Kier alpha value is -3.00. The number of carbonyl (C=O) groups is 1. The first kappa shape index (κ1) is 13.4. The van der Waals surface area contributed by atoms with E-state index < -0.39 is 6.09 Å². The van der Waals surface area contributed by atoms with E-state index in [1.807, 2.05) is 6.07 Å². The minimum atomic E-state index is -1.06. The summed E-state index contributed by atoms with van der Waals surface area (Å²) in [7, 11) is 1.45. The molecule has 20 heavy (non-hydrogen) atoms. The van der Waals surface area contributed by atoms with E-state index >= 15 is 0 Å². The van der Waals surface area contributed by atoms with Gasteiger partial charge in [0.05, 0.1) is 11.6 Å². The topological polar surface area (TPSA) is 84.6 Å². The number of nitriles is 1. The molecule has 0 heterocycles. The summed E-state index contributed by atoms with van der Waals surface area (Å²) in [5.74, 6) is -0.00366. The predicted octanol–water partition coefficient (Wildman–Crippen LogP) is 3.05.